The zero-order chi connectivity index (χ0) is 11.6. The Balaban J connectivity index is 0. The fourth-order valence-electron chi connectivity index (χ4n) is 0.532. The molecule has 0 aliphatic rings. The van der Waals surface area contributed by atoms with Crippen molar-refractivity contribution in [3.63, 3.8) is 0 Å². The Morgan fingerprint density at radius 1 is 1.43 bits per heavy atom. The van der Waals surface area contributed by atoms with E-state index in [2.05, 4.69) is 10.1 Å². The maximum Gasteiger partial charge on any atom is 0.307 e. The molecule has 0 saturated carbocycles. The monoisotopic (exact) mass is 220 g/mol. The largest absolute Gasteiger partial charge is 0.469 e. The van der Waals surface area contributed by atoms with Crippen LogP contribution >= 0.6 is 12.2 Å². The summed E-state index contributed by atoms with van der Waals surface area (Å²) in [6.45, 7) is 4.52. The quantitative estimate of drug-likeness (QED) is 0.568. The first-order valence-electron chi connectivity index (χ1n) is 4.60. The summed E-state index contributed by atoms with van der Waals surface area (Å²) in [6.07, 6.45) is 0.338. The summed E-state index contributed by atoms with van der Waals surface area (Å²) < 4.78 is 4.46. The van der Waals surface area contributed by atoms with Gasteiger partial charge in [-0.1, -0.05) is 13.8 Å². The smallest absolute Gasteiger partial charge is 0.307 e. The van der Waals surface area contributed by atoms with Crippen molar-refractivity contribution >= 4 is 23.3 Å². The Morgan fingerprint density at radius 2 is 1.93 bits per heavy atom. The van der Waals surface area contributed by atoms with Gasteiger partial charge in [-0.25, -0.2) is 0 Å². The molecule has 0 aromatic heterocycles. The summed E-state index contributed by atoms with van der Waals surface area (Å²) in [5.41, 5.74) is 0. The highest BCUT2D eigenvalue weighted by Gasteiger charge is 2.01. The van der Waals surface area contributed by atoms with Gasteiger partial charge in [-0.2, -0.15) is 0 Å². The number of carbonyl (C=O) groups is 1. The number of methoxy groups -OCH3 is 1. The molecule has 0 rings (SSSR count). The molecule has 0 atom stereocenters. The van der Waals surface area contributed by atoms with Gasteiger partial charge in [0.1, 0.15) is 0 Å². The van der Waals surface area contributed by atoms with Gasteiger partial charge in [-0.05, 0) is 12.2 Å². The van der Waals surface area contributed by atoms with E-state index in [9.17, 15) is 4.79 Å². The number of nitrogens with zero attached hydrogens (tertiary/aromatic N) is 1. The minimum absolute atomic E-state index is 0.232. The molecule has 0 unspecified atom stereocenters. The van der Waals surface area contributed by atoms with E-state index in [1.165, 1.54) is 7.11 Å². The van der Waals surface area contributed by atoms with Crippen molar-refractivity contribution in [2.75, 3.05) is 27.7 Å². The van der Waals surface area contributed by atoms with E-state index in [1.54, 1.807) is 4.90 Å². The molecule has 0 fully saturated rings. The van der Waals surface area contributed by atoms with E-state index >= 15 is 0 Å². The fourth-order valence-corrected chi connectivity index (χ4v) is 0.634. The average molecular weight is 220 g/mol. The van der Waals surface area contributed by atoms with Gasteiger partial charge < -0.3 is 15.0 Å². The average Bonchev–Trinajstić information content (AvgIpc) is 2.20. The second-order valence-electron chi connectivity index (χ2n) is 2.45. The molecule has 14 heavy (non-hydrogen) atoms. The molecule has 0 radical (unpaired) electrons. The fraction of sp³-hybridized carbons (Fsp3) is 0.778. The molecule has 0 aliphatic heterocycles. The van der Waals surface area contributed by atoms with Crippen LogP contribution in [0.25, 0.3) is 0 Å². The predicted octanol–water partition coefficient (Wildman–Crippen LogP) is 1.01. The van der Waals surface area contributed by atoms with Crippen molar-refractivity contribution in [1.29, 1.82) is 0 Å². The topological polar surface area (TPSA) is 41.6 Å². The molecular formula is C9H20N2O2S. The van der Waals surface area contributed by atoms with Crippen LogP contribution in [0.15, 0.2) is 0 Å². The number of esters is 1. The van der Waals surface area contributed by atoms with Crippen LogP contribution < -0.4 is 5.32 Å². The summed E-state index contributed by atoms with van der Waals surface area (Å²) in [7, 11) is 5.05. The van der Waals surface area contributed by atoms with Gasteiger partial charge in [-0.15, -0.1) is 0 Å². The number of carbonyl (C=O) groups excluding carboxylic acids is 1. The second-order valence-corrected chi connectivity index (χ2v) is 2.84. The zero-order valence-corrected chi connectivity index (χ0v) is 10.4. The van der Waals surface area contributed by atoms with Crippen molar-refractivity contribution in [2.24, 2.45) is 0 Å². The van der Waals surface area contributed by atoms with Gasteiger partial charge in [0.15, 0.2) is 5.11 Å². The minimum atomic E-state index is -0.232. The molecular weight excluding hydrogens is 200 g/mol. The highest BCUT2D eigenvalue weighted by Crippen LogP contribution is 1.83. The highest BCUT2D eigenvalue weighted by molar-refractivity contribution is 7.80. The van der Waals surface area contributed by atoms with Crippen LogP contribution in [0.4, 0.5) is 0 Å². The van der Waals surface area contributed by atoms with Crippen LogP contribution in [0.1, 0.15) is 20.3 Å². The van der Waals surface area contributed by atoms with Crippen molar-refractivity contribution in [3.8, 4) is 0 Å². The first-order chi connectivity index (χ1) is 6.57. The Hall–Kier alpha value is -0.840. The lowest BCUT2D eigenvalue weighted by Gasteiger charge is -2.14. The van der Waals surface area contributed by atoms with Gasteiger partial charge in [0.2, 0.25) is 0 Å². The standard InChI is InChI=1S/C7H14N2O2S.C2H6/c1-9(2)7(12)8-5-4-6(10)11-3;1-2/h4-5H2,1-3H3,(H,8,12);1-2H3. The summed E-state index contributed by atoms with van der Waals surface area (Å²) in [4.78, 5) is 12.4. The zero-order valence-electron chi connectivity index (χ0n) is 9.59. The molecule has 0 saturated heterocycles. The van der Waals surface area contributed by atoms with Crippen molar-refractivity contribution in [1.82, 2.24) is 10.2 Å². The van der Waals surface area contributed by atoms with Crippen molar-refractivity contribution < 1.29 is 9.53 Å². The van der Waals surface area contributed by atoms with Gasteiger partial charge in [0.25, 0.3) is 0 Å². The van der Waals surface area contributed by atoms with E-state index < -0.39 is 0 Å². The van der Waals surface area contributed by atoms with Gasteiger partial charge in [-0.3, -0.25) is 4.79 Å². The molecule has 84 valence electrons. The number of thiocarbonyl (C=S) groups is 1. The minimum Gasteiger partial charge on any atom is -0.469 e. The summed E-state index contributed by atoms with van der Waals surface area (Å²) in [5.74, 6) is -0.232. The Bertz CT molecular complexity index is 172. The van der Waals surface area contributed by atoms with E-state index in [4.69, 9.17) is 12.2 Å². The second kappa shape index (κ2) is 10.2. The molecule has 4 nitrogen and oxygen atoms in total. The van der Waals surface area contributed by atoms with Crippen LogP contribution in [0.5, 0.6) is 0 Å². The third kappa shape index (κ3) is 9.25. The summed E-state index contributed by atoms with van der Waals surface area (Å²) in [6, 6.07) is 0. The molecule has 0 aliphatic carbocycles. The molecule has 0 amide bonds. The van der Waals surface area contributed by atoms with Gasteiger partial charge in [0.05, 0.1) is 13.5 Å². The Kier molecular flexibility index (Phi) is 11.4. The lowest BCUT2D eigenvalue weighted by Crippen LogP contribution is -2.35. The normalized spacial score (nSPS) is 8.07. The maximum atomic E-state index is 10.6. The van der Waals surface area contributed by atoms with Crippen LogP contribution in [0, 0.1) is 0 Å². The number of ether oxygens (including phenoxy) is 1. The molecule has 0 aromatic carbocycles. The van der Waals surface area contributed by atoms with E-state index in [-0.39, 0.29) is 5.97 Å². The molecule has 0 aromatic rings. The van der Waals surface area contributed by atoms with Crippen LogP contribution in [0.2, 0.25) is 0 Å². The Labute approximate surface area is 91.6 Å². The third-order valence-electron chi connectivity index (χ3n) is 1.24. The SMILES string of the molecule is CC.COC(=O)CCNC(=S)N(C)C. The number of rotatable bonds is 3. The van der Waals surface area contributed by atoms with Crippen LogP contribution in [0.3, 0.4) is 0 Å². The molecule has 0 spiro atoms. The van der Waals surface area contributed by atoms with E-state index in [1.807, 2.05) is 27.9 Å². The molecule has 0 bridgehead atoms. The lowest BCUT2D eigenvalue weighted by molar-refractivity contribution is -0.140. The van der Waals surface area contributed by atoms with Gasteiger partial charge in [0, 0.05) is 20.6 Å². The number of nitrogens with one attached hydrogen (secondary N) is 1. The van der Waals surface area contributed by atoms with E-state index in [0.29, 0.717) is 18.1 Å². The molecule has 1 N–H and O–H groups in total. The van der Waals surface area contributed by atoms with Crippen LogP contribution in [-0.4, -0.2) is 43.7 Å². The van der Waals surface area contributed by atoms with Crippen LogP contribution in [-0.2, 0) is 9.53 Å². The van der Waals surface area contributed by atoms with Gasteiger partial charge >= 0.3 is 5.97 Å². The first-order valence-corrected chi connectivity index (χ1v) is 5.00. The summed E-state index contributed by atoms with van der Waals surface area (Å²) >= 11 is 4.93. The lowest BCUT2D eigenvalue weighted by atomic mass is 10.4. The summed E-state index contributed by atoms with van der Waals surface area (Å²) in [5, 5.41) is 3.53. The van der Waals surface area contributed by atoms with E-state index in [0.717, 1.165) is 0 Å². The highest BCUT2D eigenvalue weighted by atomic mass is 32.1. The number of hydrogen-bond acceptors (Lipinski definition) is 3. The maximum absolute atomic E-state index is 10.6. The molecule has 0 heterocycles. The third-order valence-corrected chi connectivity index (χ3v) is 1.75. The Morgan fingerprint density at radius 3 is 2.29 bits per heavy atom. The molecule has 5 heteroatoms. The predicted molar refractivity (Wildman–Crippen MR) is 62.3 cm³/mol. The number of hydrogen-bond donors (Lipinski definition) is 1. The first kappa shape index (κ1) is 15.6. The van der Waals surface area contributed by atoms with Crippen molar-refractivity contribution in [3.05, 3.63) is 0 Å². The van der Waals surface area contributed by atoms with Crippen molar-refractivity contribution in [2.45, 2.75) is 20.3 Å².